The molecule has 2 aromatic heterocycles. The van der Waals surface area contributed by atoms with Gasteiger partial charge in [-0.1, -0.05) is 0 Å². The molecule has 1 atom stereocenters. The lowest BCUT2D eigenvalue weighted by molar-refractivity contribution is 0.636. The summed E-state index contributed by atoms with van der Waals surface area (Å²) in [5.41, 5.74) is 4.03. The summed E-state index contributed by atoms with van der Waals surface area (Å²) in [4.78, 5) is 0. The van der Waals surface area contributed by atoms with Crippen LogP contribution < -0.4 is 10.7 Å². The van der Waals surface area contributed by atoms with E-state index in [1.165, 1.54) is 0 Å². The second kappa shape index (κ2) is 3.01. The normalized spacial score (nSPS) is 20.3. The molecule has 0 aliphatic carbocycles. The molecule has 0 saturated heterocycles. The SMILES string of the molecule is CC1CC(Nc2n[nH]n3cccc23)=NN1. The zero-order valence-corrected chi connectivity index (χ0v) is 8.36. The van der Waals surface area contributed by atoms with Crippen molar-refractivity contribution in [1.29, 1.82) is 0 Å². The van der Waals surface area contributed by atoms with Crippen LogP contribution in [0.15, 0.2) is 23.4 Å². The van der Waals surface area contributed by atoms with E-state index in [2.05, 4.69) is 33.1 Å². The highest BCUT2D eigenvalue weighted by molar-refractivity contribution is 5.98. The summed E-state index contributed by atoms with van der Waals surface area (Å²) in [6.45, 7) is 2.09. The van der Waals surface area contributed by atoms with Gasteiger partial charge in [0.15, 0.2) is 5.82 Å². The second-order valence-electron chi connectivity index (χ2n) is 3.74. The number of amidine groups is 1. The summed E-state index contributed by atoms with van der Waals surface area (Å²) >= 11 is 0. The number of aromatic nitrogens is 3. The van der Waals surface area contributed by atoms with Gasteiger partial charge in [0.05, 0.1) is 0 Å². The third-order valence-corrected chi connectivity index (χ3v) is 2.44. The molecule has 6 heteroatoms. The minimum Gasteiger partial charge on any atom is -0.324 e. The van der Waals surface area contributed by atoms with Crippen molar-refractivity contribution in [2.24, 2.45) is 5.10 Å². The van der Waals surface area contributed by atoms with E-state index in [0.29, 0.717) is 6.04 Å². The summed E-state index contributed by atoms with van der Waals surface area (Å²) < 4.78 is 1.86. The van der Waals surface area contributed by atoms with Crippen LogP contribution in [0.25, 0.3) is 5.52 Å². The number of hydrogen-bond donors (Lipinski definition) is 3. The van der Waals surface area contributed by atoms with Gasteiger partial charge in [0.1, 0.15) is 11.4 Å². The lowest BCUT2D eigenvalue weighted by Gasteiger charge is -2.00. The standard InChI is InChI=1S/C9H12N6/c1-6-5-8(12-11-6)10-9-7-3-2-4-15(7)14-13-9/h2-4,6,11,14H,5H2,1H3,(H,10,12,13). The molecule has 0 bridgehead atoms. The smallest absolute Gasteiger partial charge is 0.179 e. The van der Waals surface area contributed by atoms with E-state index in [-0.39, 0.29) is 0 Å². The molecule has 0 spiro atoms. The van der Waals surface area contributed by atoms with Crippen LogP contribution in [0.2, 0.25) is 0 Å². The van der Waals surface area contributed by atoms with Gasteiger partial charge in [-0.15, -0.1) is 5.10 Å². The van der Waals surface area contributed by atoms with Crippen molar-refractivity contribution < 1.29 is 0 Å². The number of rotatable bonds is 1. The lowest BCUT2D eigenvalue weighted by Crippen LogP contribution is -2.15. The Morgan fingerprint density at radius 3 is 3.33 bits per heavy atom. The van der Waals surface area contributed by atoms with Gasteiger partial charge in [-0.3, -0.25) is 0 Å². The molecule has 3 rings (SSSR count). The monoisotopic (exact) mass is 204 g/mol. The molecule has 1 aliphatic rings. The first-order valence-electron chi connectivity index (χ1n) is 4.93. The van der Waals surface area contributed by atoms with Crippen LogP contribution in [-0.2, 0) is 0 Å². The maximum atomic E-state index is 4.18. The van der Waals surface area contributed by atoms with Gasteiger partial charge in [0, 0.05) is 18.7 Å². The molecular weight excluding hydrogens is 192 g/mol. The quantitative estimate of drug-likeness (QED) is 0.642. The van der Waals surface area contributed by atoms with Crippen molar-refractivity contribution in [2.75, 3.05) is 5.32 Å². The number of hydrogen-bond acceptors (Lipinski definition) is 4. The van der Waals surface area contributed by atoms with E-state index in [0.717, 1.165) is 23.6 Å². The Balaban J connectivity index is 1.87. The number of H-pyrrole nitrogens is 1. The van der Waals surface area contributed by atoms with Gasteiger partial charge in [-0.25, -0.2) is 9.73 Å². The van der Waals surface area contributed by atoms with Crippen molar-refractivity contribution in [1.82, 2.24) is 20.3 Å². The van der Waals surface area contributed by atoms with Gasteiger partial charge in [0.25, 0.3) is 0 Å². The van der Waals surface area contributed by atoms with Crippen molar-refractivity contribution in [3.8, 4) is 0 Å². The van der Waals surface area contributed by atoms with Crippen LogP contribution in [-0.4, -0.2) is 26.7 Å². The van der Waals surface area contributed by atoms with Crippen molar-refractivity contribution >= 4 is 17.2 Å². The van der Waals surface area contributed by atoms with Gasteiger partial charge < -0.3 is 10.7 Å². The zero-order valence-electron chi connectivity index (χ0n) is 8.36. The second-order valence-corrected chi connectivity index (χ2v) is 3.74. The van der Waals surface area contributed by atoms with Gasteiger partial charge in [0.2, 0.25) is 0 Å². The number of aromatic amines is 1. The topological polar surface area (TPSA) is 69.5 Å². The first-order valence-corrected chi connectivity index (χ1v) is 4.93. The fraction of sp³-hybridized carbons (Fsp3) is 0.333. The molecule has 3 N–H and O–H groups in total. The predicted octanol–water partition coefficient (Wildman–Crippen LogP) is 0.770. The van der Waals surface area contributed by atoms with E-state index in [1.54, 1.807) is 0 Å². The van der Waals surface area contributed by atoms with Crippen LogP contribution in [0.5, 0.6) is 0 Å². The molecule has 0 fully saturated rings. The van der Waals surface area contributed by atoms with E-state index in [4.69, 9.17) is 0 Å². The average molecular weight is 204 g/mol. The first kappa shape index (κ1) is 8.34. The van der Waals surface area contributed by atoms with Crippen molar-refractivity contribution in [3.63, 3.8) is 0 Å². The van der Waals surface area contributed by atoms with Gasteiger partial charge >= 0.3 is 0 Å². The third kappa shape index (κ3) is 1.34. The van der Waals surface area contributed by atoms with Gasteiger partial charge in [-0.2, -0.15) is 5.10 Å². The van der Waals surface area contributed by atoms with Crippen LogP contribution in [0, 0.1) is 0 Å². The number of fused-ring (bicyclic) bond motifs is 1. The van der Waals surface area contributed by atoms with E-state index >= 15 is 0 Å². The van der Waals surface area contributed by atoms with E-state index in [9.17, 15) is 0 Å². The number of anilines is 1. The Bertz CT molecular complexity index is 507. The van der Waals surface area contributed by atoms with Crippen LogP contribution in [0.3, 0.4) is 0 Å². The van der Waals surface area contributed by atoms with Gasteiger partial charge in [-0.05, 0) is 19.1 Å². The number of nitrogens with one attached hydrogen (secondary N) is 3. The van der Waals surface area contributed by atoms with Crippen LogP contribution in [0.4, 0.5) is 5.82 Å². The van der Waals surface area contributed by atoms with Crippen LogP contribution in [0.1, 0.15) is 13.3 Å². The summed E-state index contributed by atoms with van der Waals surface area (Å²) in [7, 11) is 0. The Labute approximate surface area is 86.3 Å². The van der Waals surface area contributed by atoms with E-state index < -0.39 is 0 Å². The molecule has 0 amide bonds. The molecular formula is C9H12N6. The zero-order chi connectivity index (χ0) is 10.3. The molecule has 0 saturated carbocycles. The van der Waals surface area contributed by atoms with Crippen molar-refractivity contribution in [2.45, 2.75) is 19.4 Å². The summed E-state index contributed by atoms with van der Waals surface area (Å²) in [6, 6.07) is 4.36. The molecule has 2 aromatic rings. The summed E-state index contributed by atoms with van der Waals surface area (Å²) in [5, 5.41) is 14.4. The largest absolute Gasteiger partial charge is 0.324 e. The lowest BCUT2D eigenvalue weighted by atomic mass is 10.2. The third-order valence-electron chi connectivity index (χ3n) is 2.44. The molecule has 15 heavy (non-hydrogen) atoms. The molecule has 78 valence electrons. The average Bonchev–Trinajstić information content (AvgIpc) is 2.85. The Hall–Kier alpha value is -1.98. The Kier molecular flexibility index (Phi) is 1.67. The molecule has 0 aromatic carbocycles. The minimum absolute atomic E-state index is 0.397. The highest BCUT2D eigenvalue weighted by atomic mass is 15.4. The van der Waals surface area contributed by atoms with E-state index in [1.807, 2.05) is 22.8 Å². The van der Waals surface area contributed by atoms with Crippen LogP contribution >= 0.6 is 0 Å². The molecule has 3 heterocycles. The maximum absolute atomic E-state index is 4.18. The number of nitrogens with zero attached hydrogens (tertiary/aromatic N) is 3. The first-order chi connectivity index (χ1) is 7.33. The highest BCUT2D eigenvalue weighted by Gasteiger charge is 2.15. The molecule has 1 aliphatic heterocycles. The Morgan fingerprint density at radius 1 is 1.60 bits per heavy atom. The fourth-order valence-corrected chi connectivity index (χ4v) is 1.70. The predicted molar refractivity (Wildman–Crippen MR) is 57.8 cm³/mol. The number of hydrazone groups is 1. The maximum Gasteiger partial charge on any atom is 0.179 e. The fourth-order valence-electron chi connectivity index (χ4n) is 1.70. The van der Waals surface area contributed by atoms with Crippen molar-refractivity contribution in [3.05, 3.63) is 18.3 Å². The molecule has 1 unspecified atom stereocenters. The summed E-state index contributed by atoms with van der Waals surface area (Å²) in [5.74, 6) is 1.74. The Morgan fingerprint density at radius 2 is 2.53 bits per heavy atom. The minimum atomic E-state index is 0.397. The molecule has 0 radical (unpaired) electrons. The summed E-state index contributed by atoms with van der Waals surface area (Å²) in [6.07, 6.45) is 2.82. The molecule has 6 nitrogen and oxygen atoms in total. The highest BCUT2D eigenvalue weighted by Crippen LogP contribution is 2.15.